The maximum absolute atomic E-state index is 10.1. The van der Waals surface area contributed by atoms with E-state index in [-0.39, 0.29) is 70.2 Å². The molecule has 16 heavy (non-hydrogen) atoms. The molecule has 0 bridgehead atoms. The van der Waals surface area contributed by atoms with Gasteiger partial charge in [0.1, 0.15) is 0 Å². The summed E-state index contributed by atoms with van der Waals surface area (Å²) in [5, 5.41) is 10.1. The van der Waals surface area contributed by atoms with Crippen LogP contribution >= 0.6 is 0 Å². The number of hydrogen-bond acceptors (Lipinski definition) is 2. The molecule has 0 aromatic rings. The largest absolute Gasteiger partial charge is 1.00 e. The summed E-state index contributed by atoms with van der Waals surface area (Å²) in [7, 11) is 0. The Morgan fingerprint density at radius 2 is 1.44 bits per heavy atom. The fourth-order valence-corrected chi connectivity index (χ4v) is 0.510. The van der Waals surface area contributed by atoms with Gasteiger partial charge in [0.25, 0.3) is 0 Å². The molecule has 0 saturated carbocycles. The van der Waals surface area contributed by atoms with Crippen LogP contribution in [0.4, 0.5) is 0 Å². The predicted octanol–water partition coefficient (Wildman–Crippen LogP) is -3.43. The Bertz CT molecular complexity index is 86.1. The summed E-state index contributed by atoms with van der Waals surface area (Å²) >= 11 is 0. The van der Waals surface area contributed by atoms with Crippen molar-refractivity contribution >= 4 is 0 Å². The maximum Gasteiger partial charge on any atom is 1.00 e. The molecule has 4 heteroatoms. The summed E-state index contributed by atoms with van der Waals surface area (Å²) in [5.74, 6) is 0. The summed E-state index contributed by atoms with van der Waals surface area (Å²) in [6.45, 7) is 12.6. The summed E-state index contributed by atoms with van der Waals surface area (Å²) in [5.41, 5.74) is -0.750. The van der Waals surface area contributed by atoms with E-state index in [9.17, 15) is 5.11 Å². The zero-order valence-electron chi connectivity index (χ0n) is 12.3. The SMILES string of the molecule is C1CCOC1.CC(C)(C)[O-].[CH2-]CCC.[K+].[Li+]. The molecule has 1 heterocycles. The van der Waals surface area contributed by atoms with E-state index in [0.717, 1.165) is 19.6 Å². The molecule has 0 aromatic carbocycles. The van der Waals surface area contributed by atoms with Gasteiger partial charge < -0.3 is 16.8 Å². The van der Waals surface area contributed by atoms with E-state index in [1.54, 1.807) is 20.8 Å². The molecule has 0 atom stereocenters. The van der Waals surface area contributed by atoms with Gasteiger partial charge in [-0.3, -0.25) is 0 Å². The summed E-state index contributed by atoms with van der Waals surface area (Å²) in [6.07, 6.45) is 4.83. The topological polar surface area (TPSA) is 32.3 Å². The van der Waals surface area contributed by atoms with Crippen LogP contribution in [0.2, 0.25) is 0 Å². The van der Waals surface area contributed by atoms with Gasteiger partial charge in [0.05, 0.1) is 0 Å². The van der Waals surface area contributed by atoms with E-state index in [4.69, 9.17) is 4.74 Å². The zero-order chi connectivity index (χ0) is 11.4. The molecule has 0 amide bonds. The Hall–Kier alpha value is 2.15. The second-order valence-electron chi connectivity index (χ2n) is 4.29. The monoisotopic (exact) mass is 248 g/mol. The number of unbranched alkanes of at least 4 members (excludes halogenated alkanes) is 1. The third kappa shape index (κ3) is 55.8. The van der Waals surface area contributed by atoms with Gasteiger partial charge in [0, 0.05) is 13.2 Å². The van der Waals surface area contributed by atoms with Gasteiger partial charge in [-0.25, -0.2) is 0 Å². The molecule has 88 valence electrons. The minimum Gasteiger partial charge on any atom is -0.850 e. The molecule has 1 aliphatic heterocycles. The van der Waals surface area contributed by atoms with Gasteiger partial charge >= 0.3 is 70.2 Å². The van der Waals surface area contributed by atoms with Crippen molar-refractivity contribution in [1.82, 2.24) is 0 Å². The van der Waals surface area contributed by atoms with Crippen LogP contribution in [0.25, 0.3) is 0 Å². The first-order valence-corrected chi connectivity index (χ1v) is 5.49. The first kappa shape index (κ1) is 26.7. The summed E-state index contributed by atoms with van der Waals surface area (Å²) < 4.78 is 4.94. The average molecular weight is 248 g/mol. The molecule has 0 N–H and O–H groups in total. The molecule has 0 aliphatic carbocycles. The second kappa shape index (κ2) is 19.5. The summed E-state index contributed by atoms with van der Waals surface area (Å²) in [6, 6.07) is 0. The van der Waals surface area contributed by atoms with Crippen molar-refractivity contribution in [2.24, 2.45) is 0 Å². The van der Waals surface area contributed by atoms with E-state index < -0.39 is 5.60 Å². The van der Waals surface area contributed by atoms with E-state index >= 15 is 0 Å². The molecule has 2 nitrogen and oxygen atoms in total. The van der Waals surface area contributed by atoms with Gasteiger partial charge in [-0.05, 0) is 12.8 Å². The fourth-order valence-electron chi connectivity index (χ4n) is 0.510. The van der Waals surface area contributed by atoms with Crippen LogP contribution in [0, 0.1) is 6.92 Å². The van der Waals surface area contributed by atoms with Crippen molar-refractivity contribution in [1.29, 1.82) is 0 Å². The van der Waals surface area contributed by atoms with Crippen LogP contribution < -0.4 is 75.4 Å². The van der Waals surface area contributed by atoms with Crippen LogP contribution in [-0.4, -0.2) is 18.8 Å². The van der Waals surface area contributed by atoms with Crippen molar-refractivity contribution in [3.05, 3.63) is 6.92 Å². The van der Waals surface area contributed by atoms with Crippen molar-refractivity contribution in [2.45, 2.75) is 59.0 Å². The molecule has 0 unspecified atom stereocenters. The minimum absolute atomic E-state index is 0. The second-order valence-corrected chi connectivity index (χ2v) is 4.29. The molecule has 1 aliphatic rings. The maximum atomic E-state index is 10.1. The Balaban J connectivity index is -0.0000000641. The zero-order valence-corrected chi connectivity index (χ0v) is 15.4. The van der Waals surface area contributed by atoms with Crippen molar-refractivity contribution < 1.29 is 80.1 Å². The third-order valence-corrected chi connectivity index (χ3v) is 1.18. The molecule has 0 radical (unpaired) electrons. The number of ether oxygens (including phenoxy) is 1. The Kier molecular flexibility index (Phi) is 32.5. The Labute approximate surface area is 157 Å². The van der Waals surface area contributed by atoms with Gasteiger partial charge in [-0.1, -0.05) is 34.1 Å². The minimum atomic E-state index is -0.750. The Morgan fingerprint density at radius 1 is 1.19 bits per heavy atom. The van der Waals surface area contributed by atoms with Crippen molar-refractivity contribution in [2.75, 3.05) is 13.2 Å². The average Bonchev–Trinajstić information content (AvgIpc) is 2.57. The third-order valence-electron chi connectivity index (χ3n) is 1.18. The van der Waals surface area contributed by atoms with E-state index in [0.29, 0.717) is 0 Å². The van der Waals surface area contributed by atoms with Crippen LogP contribution in [-0.2, 0) is 4.74 Å². The molecule has 1 saturated heterocycles. The number of hydrogen-bond donors (Lipinski definition) is 0. The molecule has 1 rings (SSSR count). The number of rotatable bonds is 1. The van der Waals surface area contributed by atoms with Gasteiger partial charge in [0.2, 0.25) is 0 Å². The predicted molar refractivity (Wildman–Crippen MR) is 60.1 cm³/mol. The van der Waals surface area contributed by atoms with E-state index in [1.165, 1.54) is 19.3 Å². The quantitative estimate of drug-likeness (QED) is 0.357. The molecule has 0 aromatic heterocycles. The van der Waals surface area contributed by atoms with E-state index in [2.05, 4.69) is 13.8 Å². The first-order valence-electron chi connectivity index (χ1n) is 5.49. The van der Waals surface area contributed by atoms with Crippen LogP contribution in [0.1, 0.15) is 53.4 Å². The smallest absolute Gasteiger partial charge is 0.850 e. The van der Waals surface area contributed by atoms with E-state index in [1.807, 2.05) is 0 Å². The van der Waals surface area contributed by atoms with Crippen molar-refractivity contribution in [3.8, 4) is 0 Å². The van der Waals surface area contributed by atoms with Gasteiger partial charge in [0.15, 0.2) is 0 Å². The first-order chi connectivity index (χ1) is 6.41. The Morgan fingerprint density at radius 3 is 1.50 bits per heavy atom. The van der Waals surface area contributed by atoms with Crippen LogP contribution in [0.3, 0.4) is 0 Å². The van der Waals surface area contributed by atoms with Gasteiger partial charge in [-0.2, -0.15) is 6.42 Å². The standard InChI is InChI=1S/C4H8O.C4H9O.C4H9.K.Li/c1-2-4-5-3-1;1-4(2,3)5;1-3-4-2;;/h1-4H2;1-3H3;1,3-4H2,2H3;;/q;2*-1;2*+1. The summed E-state index contributed by atoms with van der Waals surface area (Å²) in [4.78, 5) is 0. The van der Waals surface area contributed by atoms with Crippen molar-refractivity contribution in [3.63, 3.8) is 0 Å². The molecule has 1 fully saturated rings. The van der Waals surface area contributed by atoms with Crippen LogP contribution in [0.5, 0.6) is 0 Å². The molecular weight excluding hydrogens is 222 g/mol. The molecular formula is C12H26KLiO2. The fraction of sp³-hybridized carbons (Fsp3) is 0.917. The van der Waals surface area contributed by atoms with Gasteiger partial charge in [-0.15, -0.1) is 5.60 Å². The van der Waals surface area contributed by atoms with Crippen LogP contribution in [0.15, 0.2) is 0 Å². The molecule has 0 spiro atoms. The normalized spacial score (nSPS) is 13.1.